The average Bonchev–Trinajstić information content (AvgIpc) is 2.94. The van der Waals surface area contributed by atoms with Gasteiger partial charge in [0.2, 0.25) is 10.0 Å². The summed E-state index contributed by atoms with van der Waals surface area (Å²) in [6, 6.07) is 13.6. The van der Waals surface area contributed by atoms with Gasteiger partial charge >= 0.3 is 0 Å². The van der Waals surface area contributed by atoms with Crippen molar-refractivity contribution < 1.29 is 12.8 Å². The van der Waals surface area contributed by atoms with Crippen molar-refractivity contribution in [2.45, 2.75) is 18.7 Å². The Morgan fingerprint density at radius 3 is 2.62 bits per heavy atom. The number of hydrogen-bond acceptors (Lipinski definition) is 2. The fourth-order valence-corrected chi connectivity index (χ4v) is 4.75. The van der Waals surface area contributed by atoms with Crippen molar-refractivity contribution in [2.24, 2.45) is 0 Å². The van der Waals surface area contributed by atoms with E-state index in [0.717, 1.165) is 22.2 Å². The predicted molar refractivity (Wildman–Crippen MR) is 91.4 cm³/mol. The summed E-state index contributed by atoms with van der Waals surface area (Å²) >= 11 is 0. The molecule has 0 radical (unpaired) electrons. The minimum Gasteiger partial charge on any atom is -0.358 e. The van der Waals surface area contributed by atoms with Gasteiger partial charge in [0.15, 0.2) is 0 Å². The molecule has 3 aromatic rings. The molecule has 1 aliphatic rings. The van der Waals surface area contributed by atoms with Crippen LogP contribution >= 0.6 is 0 Å². The summed E-state index contributed by atoms with van der Waals surface area (Å²) < 4.78 is 40.0. The molecule has 0 saturated heterocycles. The maximum atomic E-state index is 13.0. The van der Waals surface area contributed by atoms with Crippen molar-refractivity contribution in [3.05, 3.63) is 71.2 Å². The monoisotopic (exact) mass is 344 g/mol. The van der Waals surface area contributed by atoms with Gasteiger partial charge in [0.05, 0.1) is 5.75 Å². The third kappa shape index (κ3) is 2.72. The summed E-state index contributed by atoms with van der Waals surface area (Å²) in [5.74, 6) is -0.470. The van der Waals surface area contributed by atoms with Crippen LogP contribution in [0.4, 0.5) is 4.39 Å². The number of hydrogen-bond donors (Lipinski definition) is 1. The molecular weight excluding hydrogens is 327 g/mol. The van der Waals surface area contributed by atoms with Crippen LogP contribution in [0.2, 0.25) is 0 Å². The molecular formula is C18H17FN2O2S. The van der Waals surface area contributed by atoms with Crippen molar-refractivity contribution >= 4 is 20.9 Å². The van der Waals surface area contributed by atoms with E-state index in [2.05, 4.69) is 4.98 Å². The van der Waals surface area contributed by atoms with Gasteiger partial charge in [-0.15, -0.1) is 0 Å². The van der Waals surface area contributed by atoms with Gasteiger partial charge in [0, 0.05) is 36.1 Å². The standard InChI is InChI=1S/C18H17FN2O2S/c19-14-7-5-13(6-8-14)12-24(22,23)21-10-9-18-16(11-21)15-3-1-2-4-17(15)20-18/h1-8,20H,9-12H2. The largest absolute Gasteiger partial charge is 0.358 e. The van der Waals surface area contributed by atoms with Crippen molar-refractivity contribution in [1.82, 2.24) is 9.29 Å². The van der Waals surface area contributed by atoms with Crippen molar-refractivity contribution in [3.63, 3.8) is 0 Å². The zero-order valence-electron chi connectivity index (χ0n) is 13.0. The van der Waals surface area contributed by atoms with Crippen LogP contribution in [0, 0.1) is 5.82 Å². The van der Waals surface area contributed by atoms with Crippen LogP contribution in [0.15, 0.2) is 48.5 Å². The lowest BCUT2D eigenvalue weighted by Crippen LogP contribution is -2.36. The number of rotatable bonds is 3. The molecule has 0 spiro atoms. The maximum Gasteiger partial charge on any atom is 0.218 e. The molecule has 0 unspecified atom stereocenters. The Kier molecular flexibility index (Phi) is 3.66. The van der Waals surface area contributed by atoms with Crippen molar-refractivity contribution in [2.75, 3.05) is 6.54 Å². The van der Waals surface area contributed by atoms with Gasteiger partial charge in [0.1, 0.15) is 5.82 Å². The van der Waals surface area contributed by atoms with Crippen LogP contribution in [0.25, 0.3) is 10.9 Å². The molecule has 0 amide bonds. The van der Waals surface area contributed by atoms with E-state index >= 15 is 0 Å². The van der Waals surface area contributed by atoms with Gasteiger partial charge in [-0.1, -0.05) is 30.3 Å². The third-order valence-corrected chi connectivity index (χ3v) is 6.30. The van der Waals surface area contributed by atoms with E-state index in [1.807, 2.05) is 24.3 Å². The Morgan fingerprint density at radius 1 is 1.08 bits per heavy atom. The van der Waals surface area contributed by atoms with E-state index in [-0.39, 0.29) is 11.6 Å². The van der Waals surface area contributed by atoms with E-state index in [1.54, 1.807) is 0 Å². The first-order valence-electron chi connectivity index (χ1n) is 7.84. The number of halogens is 1. The van der Waals surface area contributed by atoms with E-state index < -0.39 is 10.0 Å². The number of aromatic amines is 1. The molecule has 2 heterocycles. The fraction of sp³-hybridized carbons (Fsp3) is 0.222. The average molecular weight is 344 g/mol. The fourth-order valence-electron chi connectivity index (χ4n) is 3.26. The molecule has 1 aromatic heterocycles. The zero-order chi connectivity index (χ0) is 16.7. The second-order valence-corrected chi connectivity index (χ2v) is 8.06. The maximum absolute atomic E-state index is 13.0. The van der Waals surface area contributed by atoms with Crippen LogP contribution in [0.5, 0.6) is 0 Å². The van der Waals surface area contributed by atoms with Gasteiger partial charge in [-0.3, -0.25) is 0 Å². The Balaban J connectivity index is 1.62. The summed E-state index contributed by atoms with van der Waals surface area (Å²) in [5, 5.41) is 1.08. The number of para-hydroxylation sites is 1. The molecule has 0 bridgehead atoms. The molecule has 0 aliphatic carbocycles. The van der Waals surface area contributed by atoms with Crippen LogP contribution in [-0.2, 0) is 28.7 Å². The number of fused-ring (bicyclic) bond motifs is 3. The first kappa shape index (κ1) is 15.4. The Labute approximate surface area is 140 Å². The summed E-state index contributed by atoms with van der Waals surface area (Å²) in [4.78, 5) is 3.38. The number of sulfonamides is 1. The number of H-pyrrole nitrogens is 1. The van der Waals surface area contributed by atoms with Crippen molar-refractivity contribution in [3.8, 4) is 0 Å². The highest BCUT2D eigenvalue weighted by molar-refractivity contribution is 7.88. The molecule has 0 atom stereocenters. The van der Waals surface area contributed by atoms with E-state index in [9.17, 15) is 12.8 Å². The first-order chi connectivity index (χ1) is 11.5. The zero-order valence-corrected chi connectivity index (χ0v) is 13.8. The lowest BCUT2D eigenvalue weighted by molar-refractivity contribution is 0.390. The van der Waals surface area contributed by atoms with Crippen LogP contribution in [0.1, 0.15) is 16.8 Å². The minimum atomic E-state index is -3.44. The topological polar surface area (TPSA) is 53.2 Å². The van der Waals surface area contributed by atoms with Gasteiger partial charge in [0.25, 0.3) is 0 Å². The number of aromatic nitrogens is 1. The number of nitrogens with one attached hydrogen (secondary N) is 1. The lowest BCUT2D eigenvalue weighted by Gasteiger charge is -2.26. The van der Waals surface area contributed by atoms with Crippen LogP contribution in [0.3, 0.4) is 0 Å². The summed E-state index contributed by atoms with van der Waals surface area (Å²) in [5.41, 5.74) is 3.81. The summed E-state index contributed by atoms with van der Waals surface area (Å²) in [6.45, 7) is 0.840. The van der Waals surface area contributed by atoms with E-state index in [4.69, 9.17) is 0 Å². The molecule has 0 fully saturated rings. The van der Waals surface area contributed by atoms with E-state index in [1.165, 1.54) is 28.6 Å². The molecule has 1 N–H and O–H groups in total. The highest BCUT2D eigenvalue weighted by Crippen LogP contribution is 2.29. The van der Waals surface area contributed by atoms with Crippen LogP contribution < -0.4 is 0 Å². The number of benzene rings is 2. The highest BCUT2D eigenvalue weighted by atomic mass is 32.2. The van der Waals surface area contributed by atoms with Gasteiger partial charge in [-0.2, -0.15) is 4.31 Å². The van der Waals surface area contributed by atoms with Crippen LogP contribution in [-0.4, -0.2) is 24.3 Å². The highest BCUT2D eigenvalue weighted by Gasteiger charge is 2.28. The molecule has 124 valence electrons. The quantitative estimate of drug-likeness (QED) is 0.793. The second-order valence-electron chi connectivity index (χ2n) is 6.09. The van der Waals surface area contributed by atoms with Crippen molar-refractivity contribution in [1.29, 1.82) is 0 Å². The Bertz CT molecular complexity index is 994. The molecule has 0 saturated carbocycles. The molecule has 24 heavy (non-hydrogen) atoms. The van der Waals surface area contributed by atoms with E-state index in [0.29, 0.717) is 25.1 Å². The van der Waals surface area contributed by atoms with Gasteiger partial charge in [-0.05, 0) is 29.3 Å². The normalized spacial score (nSPS) is 15.5. The SMILES string of the molecule is O=S(=O)(Cc1ccc(F)cc1)N1CCc2[nH]c3ccccc3c2C1. The lowest BCUT2D eigenvalue weighted by atomic mass is 10.1. The summed E-state index contributed by atoms with van der Waals surface area (Å²) in [7, 11) is -3.44. The molecule has 4 rings (SSSR count). The van der Waals surface area contributed by atoms with Gasteiger partial charge in [-0.25, -0.2) is 12.8 Å². The Hall–Kier alpha value is -2.18. The summed E-state index contributed by atoms with van der Waals surface area (Å²) in [6.07, 6.45) is 0.673. The molecule has 4 nitrogen and oxygen atoms in total. The second kappa shape index (κ2) is 5.72. The molecule has 1 aliphatic heterocycles. The Morgan fingerprint density at radius 2 is 1.83 bits per heavy atom. The molecule has 2 aromatic carbocycles. The van der Waals surface area contributed by atoms with Gasteiger partial charge < -0.3 is 4.98 Å². The third-order valence-electron chi connectivity index (χ3n) is 4.50. The molecule has 6 heteroatoms. The first-order valence-corrected chi connectivity index (χ1v) is 9.44. The predicted octanol–water partition coefficient (Wildman–Crippen LogP) is 3.20. The minimum absolute atomic E-state index is 0.106. The number of nitrogens with zero attached hydrogens (tertiary/aromatic N) is 1. The smallest absolute Gasteiger partial charge is 0.218 e.